The molecule has 106 valence electrons. The van der Waals surface area contributed by atoms with E-state index in [0.717, 1.165) is 0 Å². The van der Waals surface area contributed by atoms with Gasteiger partial charge in [0.05, 0.1) is 25.9 Å². The average molecular weight is 275 g/mol. The lowest BCUT2D eigenvalue weighted by molar-refractivity contribution is -0.0855. The molecule has 1 aliphatic heterocycles. The maximum absolute atomic E-state index is 12.0. The van der Waals surface area contributed by atoms with Gasteiger partial charge in [-0.05, 0) is 18.2 Å². The highest BCUT2D eigenvalue weighted by Gasteiger charge is 2.15. The Bertz CT molecular complexity index is 512. The number of benzene rings is 1. The first-order valence-corrected chi connectivity index (χ1v) is 6.47. The molecule has 1 saturated heterocycles. The van der Waals surface area contributed by atoms with Crippen LogP contribution in [0.25, 0.3) is 0 Å². The Morgan fingerprint density at radius 1 is 1.45 bits per heavy atom. The van der Waals surface area contributed by atoms with Gasteiger partial charge in [0.25, 0.3) is 5.91 Å². The molecule has 1 aliphatic rings. The van der Waals surface area contributed by atoms with Gasteiger partial charge in [-0.15, -0.1) is 0 Å². The molecule has 20 heavy (non-hydrogen) atoms. The standard InChI is InChI=1S/C15H17NO4/c17-6-2-4-12-3-1-5-13(9-12)15(18)16-10-14-11-19-7-8-20-14/h1,3,5,9,14,17H,6-8,10-11H2,(H,16,18). The minimum absolute atomic E-state index is 0.0925. The van der Waals surface area contributed by atoms with Gasteiger partial charge in [0.2, 0.25) is 0 Å². The zero-order valence-electron chi connectivity index (χ0n) is 11.1. The van der Waals surface area contributed by atoms with Crippen molar-refractivity contribution in [2.24, 2.45) is 0 Å². The van der Waals surface area contributed by atoms with Crippen LogP contribution < -0.4 is 5.32 Å². The molecule has 1 amide bonds. The molecule has 5 heteroatoms. The number of hydrogen-bond donors (Lipinski definition) is 2. The smallest absolute Gasteiger partial charge is 0.251 e. The van der Waals surface area contributed by atoms with E-state index in [1.54, 1.807) is 24.3 Å². The van der Waals surface area contributed by atoms with Gasteiger partial charge in [0.15, 0.2) is 0 Å². The maximum atomic E-state index is 12.0. The second-order valence-electron chi connectivity index (χ2n) is 4.32. The molecule has 2 N–H and O–H groups in total. The Morgan fingerprint density at radius 2 is 2.35 bits per heavy atom. The van der Waals surface area contributed by atoms with E-state index in [9.17, 15) is 4.79 Å². The van der Waals surface area contributed by atoms with Gasteiger partial charge in [0, 0.05) is 17.7 Å². The number of carbonyl (C=O) groups is 1. The van der Waals surface area contributed by atoms with E-state index >= 15 is 0 Å². The monoisotopic (exact) mass is 275 g/mol. The number of nitrogens with one attached hydrogen (secondary N) is 1. The normalized spacial score (nSPS) is 17.9. The quantitative estimate of drug-likeness (QED) is 0.772. The molecule has 0 bridgehead atoms. The third kappa shape index (κ3) is 4.35. The predicted molar refractivity (Wildman–Crippen MR) is 73.3 cm³/mol. The van der Waals surface area contributed by atoms with Crippen molar-refractivity contribution < 1.29 is 19.4 Å². The first-order chi connectivity index (χ1) is 9.79. The van der Waals surface area contributed by atoms with E-state index < -0.39 is 0 Å². The fourth-order valence-corrected chi connectivity index (χ4v) is 1.84. The van der Waals surface area contributed by atoms with E-state index in [0.29, 0.717) is 37.5 Å². The van der Waals surface area contributed by atoms with Crippen LogP contribution >= 0.6 is 0 Å². The summed E-state index contributed by atoms with van der Waals surface area (Å²) in [6.07, 6.45) is -0.0925. The summed E-state index contributed by atoms with van der Waals surface area (Å²) in [5.41, 5.74) is 1.23. The third-order valence-corrected chi connectivity index (χ3v) is 2.81. The van der Waals surface area contributed by atoms with Crippen LogP contribution in [0.4, 0.5) is 0 Å². The van der Waals surface area contributed by atoms with Gasteiger partial charge in [0.1, 0.15) is 6.61 Å². The molecule has 0 aromatic heterocycles. The average Bonchev–Trinajstić information content (AvgIpc) is 2.52. The van der Waals surface area contributed by atoms with Gasteiger partial charge in [-0.3, -0.25) is 4.79 Å². The second-order valence-corrected chi connectivity index (χ2v) is 4.32. The van der Waals surface area contributed by atoms with Crippen molar-refractivity contribution in [2.75, 3.05) is 33.0 Å². The van der Waals surface area contributed by atoms with Crippen LogP contribution in [0.5, 0.6) is 0 Å². The van der Waals surface area contributed by atoms with Crippen molar-refractivity contribution in [3.63, 3.8) is 0 Å². The van der Waals surface area contributed by atoms with Crippen LogP contribution in [0, 0.1) is 11.8 Å². The summed E-state index contributed by atoms with van der Waals surface area (Å²) in [5, 5.41) is 11.5. The topological polar surface area (TPSA) is 67.8 Å². The molecule has 1 fully saturated rings. The van der Waals surface area contributed by atoms with Crippen LogP contribution in [0.1, 0.15) is 15.9 Å². The van der Waals surface area contributed by atoms with Crippen LogP contribution in [0.3, 0.4) is 0 Å². The van der Waals surface area contributed by atoms with Gasteiger partial charge < -0.3 is 19.9 Å². The van der Waals surface area contributed by atoms with Crippen molar-refractivity contribution in [2.45, 2.75) is 6.10 Å². The second kappa shape index (κ2) is 7.65. The van der Waals surface area contributed by atoms with E-state index in [4.69, 9.17) is 14.6 Å². The molecular weight excluding hydrogens is 258 g/mol. The Kier molecular flexibility index (Phi) is 5.56. The molecule has 1 aromatic carbocycles. The van der Waals surface area contributed by atoms with Crippen molar-refractivity contribution in [3.8, 4) is 11.8 Å². The van der Waals surface area contributed by atoms with Crippen LogP contribution in [-0.4, -0.2) is 50.1 Å². The lowest BCUT2D eigenvalue weighted by Gasteiger charge is -2.23. The van der Waals surface area contributed by atoms with E-state index in [1.165, 1.54) is 0 Å². The molecule has 1 unspecified atom stereocenters. The Balaban J connectivity index is 1.91. The molecule has 1 aromatic rings. The van der Waals surface area contributed by atoms with Crippen molar-refractivity contribution in [1.29, 1.82) is 0 Å². The first kappa shape index (κ1) is 14.5. The number of aliphatic hydroxyl groups excluding tert-OH is 1. The molecule has 1 heterocycles. The number of amides is 1. The summed E-state index contributed by atoms with van der Waals surface area (Å²) < 4.78 is 10.7. The van der Waals surface area contributed by atoms with Crippen molar-refractivity contribution >= 4 is 5.91 Å². The predicted octanol–water partition coefficient (Wildman–Crippen LogP) is 0.176. The molecule has 0 spiro atoms. The van der Waals surface area contributed by atoms with Crippen LogP contribution in [0.2, 0.25) is 0 Å². The molecule has 0 aliphatic carbocycles. The van der Waals surface area contributed by atoms with Crippen molar-refractivity contribution in [1.82, 2.24) is 5.32 Å². The number of ether oxygens (including phenoxy) is 2. The summed E-state index contributed by atoms with van der Waals surface area (Å²) in [7, 11) is 0. The molecular formula is C15H17NO4. The van der Waals surface area contributed by atoms with Gasteiger partial charge >= 0.3 is 0 Å². The minimum atomic E-state index is -0.199. The summed E-state index contributed by atoms with van der Waals surface area (Å²) in [6.45, 7) is 1.89. The largest absolute Gasteiger partial charge is 0.384 e. The van der Waals surface area contributed by atoms with E-state index in [1.807, 2.05) is 0 Å². The molecule has 5 nitrogen and oxygen atoms in total. The van der Waals surface area contributed by atoms with Crippen LogP contribution in [0.15, 0.2) is 24.3 Å². The molecule has 2 rings (SSSR count). The van der Waals surface area contributed by atoms with Gasteiger partial charge in [-0.1, -0.05) is 17.9 Å². The first-order valence-electron chi connectivity index (χ1n) is 6.47. The van der Waals surface area contributed by atoms with Gasteiger partial charge in [-0.25, -0.2) is 0 Å². The van der Waals surface area contributed by atoms with Crippen LogP contribution in [-0.2, 0) is 9.47 Å². The third-order valence-electron chi connectivity index (χ3n) is 2.81. The molecule has 0 radical (unpaired) electrons. The van der Waals surface area contributed by atoms with Crippen molar-refractivity contribution in [3.05, 3.63) is 35.4 Å². The summed E-state index contributed by atoms with van der Waals surface area (Å²) in [4.78, 5) is 12.0. The highest BCUT2D eigenvalue weighted by atomic mass is 16.6. The number of aliphatic hydroxyl groups is 1. The maximum Gasteiger partial charge on any atom is 0.251 e. The lowest BCUT2D eigenvalue weighted by Crippen LogP contribution is -2.39. The number of hydrogen-bond acceptors (Lipinski definition) is 4. The zero-order chi connectivity index (χ0) is 14.2. The fourth-order valence-electron chi connectivity index (χ4n) is 1.84. The zero-order valence-corrected chi connectivity index (χ0v) is 11.1. The number of carbonyl (C=O) groups excluding carboxylic acids is 1. The molecule has 1 atom stereocenters. The minimum Gasteiger partial charge on any atom is -0.384 e. The summed E-state index contributed by atoms with van der Waals surface area (Å²) in [5.74, 6) is 5.15. The lowest BCUT2D eigenvalue weighted by atomic mass is 10.1. The van der Waals surface area contributed by atoms with Gasteiger partial charge in [-0.2, -0.15) is 0 Å². The summed E-state index contributed by atoms with van der Waals surface area (Å²) in [6, 6.07) is 6.96. The Morgan fingerprint density at radius 3 is 3.10 bits per heavy atom. The number of rotatable bonds is 3. The Hall–Kier alpha value is -1.87. The SMILES string of the molecule is O=C(NCC1COCCO1)c1cccc(C#CCO)c1. The molecule has 0 saturated carbocycles. The summed E-state index contributed by atoms with van der Waals surface area (Å²) >= 11 is 0. The fraction of sp³-hybridized carbons (Fsp3) is 0.400. The van der Waals surface area contributed by atoms with E-state index in [-0.39, 0.29) is 18.6 Å². The highest BCUT2D eigenvalue weighted by Crippen LogP contribution is 2.05. The Labute approximate surface area is 117 Å². The van der Waals surface area contributed by atoms with E-state index in [2.05, 4.69) is 17.2 Å². The highest BCUT2D eigenvalue weighted by molar-refractivity contribution is 5.94.